The second kappa shape index (κ2) is 7.35. The van der Waals surface area contributed by atoms with Crippen molar-refractivity contribution in [2.45, 2.75) is 6.18 Å². The van der Waals surface area contributed by atoms with Crippen LogP contribution in [-0.4, -0.2) is 15.8 Å². The van der Waals surface area contributed by atoms with Crippen molar-refractivity contribution < 1.29 is 26.7 Å². The number of hydrogen-bond acceptors (Lipinski definition) is 3. The molecule has 4 aromatic rings. The first-order valence-corrected chi connectivity index (χ1v) is 9.08. The van der Waals surface area contributed by atoms with Crippen LogP contribution in [0.5, 0.6) is 0 Å². The van der Waals surface area contributed by atoms with Crippen LogP contribution in [-0.2, 0) is 6.18 Å². The van der Waals surface area contributed by atoms with Crippen LogP contribution < -0.4 is 5.73 Å². The van der Waals surface area contributed by atoms with Gasteiger partial charge in [-0.2, -0.15) is 13.2 Å². The summed E-state index contributed by atoms with van der Waals surface area (Å²) in [5.74, 6) is -3.28. The van der Waals surface area contributed by atoms with Gasteiger partial charge in [0.05, 0.1) is 21.8 Å². The van der Waals surface area contributed by atoms with E-state index in [0.29, 0.717) is 0 Å². The molecule has 2 heterocycles. The number of aromatic nitrogens is 2. The summed E-state index contributed by atoms with van der Waals surface area (Å²) in [6, 6.07) is 6.59. The van der Waals surface area contributed by atoms with Crippen molar-refractivity contribution >= 4 is 34.1 Å². The summed E-state index contributed by atoms with van der Waals surface area (Å²) in [6.07, 6.45) is -2.14. The van der Waals surface area contributed by atoms with Crippen LogP contribution >= 0.6 is 11.6 Å². The van der Waals surface area contributed by atoms with Gasteiger partial charge in [-0.05, 0) is 35.9 Å². The maximum absolute atomic E-state index is 14.3. The molecule has 0 spiro atoms. The number of aromatic amines is 1. The van der Waals surface area contributed by atoms with Gasteiger partial charge in [0.1, 0.15) is 11.5 Å². The van der Waals surface area contributed by atoms with E-state index in [1.165, 1.54) is 24.5 Å². The topological polar surface area (TPSA) is 71.8 Å². The van der Waals surface area contributed by atoms with E-state index in [1.807, 2.05) is 0 Å². The van der Waals surface area contributed by atoms with E-state index in [2.05, 4.69) is 9.97 Å². The molecule has 10 heteroatoms. The average Bonchev–Trinajstić information content (AvgIpc) is 3.13. The third-order valence-corrected chi connectivity index (χ3v) is 5.06. The standard InChI is InChI=1S/C21H11ClF5N3O/c22-14-2-1-9(6-13(14)21(25,26)27)10-5-11-12(8-30-20(11)29-7-10)19(31)17-15(23)3-4-16(28)18(17)24/h1-8H,28H2,(H,29,30). The number of rotatable bonds is 3. The lowest BCUT2D eigenvalue weighted by Crippen LogP contribution is -2.09. The lowest BCUT2D eigenvalue weighted by atomic mass is 9.99. The smallest absolute Gasteiger partial charge is 0.396 e. The summed E-state index contributed by atoms with van der Waals surface area (Å²) in [6.45, 7) is 0. The Morgan fingerprint density at radius 1 is 1.06 bits per heavy atom. The molecule has 0 aliphatic heterocycles. The predicted molar refractivity (Wildman–Crippen MR) is 106 cm³/mol. The molecule has 0 unspecified atom stereocenters. The summed E-state index contributed by atoms with van der Waals surface area (Å²) in [5, 5.41) is -0.289. The molecule has 158 valence electrons. The molecule has 2 aromatic heterocycles. The first kappa shape index (κ1) is 20.8. The normalized spacial score (nSPS) is 11.8. The molecule has 0 fully saturated rings. The monoisotopic (exact) mass is 451 g/mol. The summed E-state index contributed by atoms with van der Waals surface area (Å²) in [5.41, 5.74) is 3.67. The summed E-state index contributed by atoms with van der Waals surface area (Å²) < 4.78 is 68.0. The van der Waals surface area contributed by atoms with Crippen molar-refractivity contribution in [3.8, 4) is 11.1 Å². The van der Waals surface area contributed by atoms with Crippen LogP contribution in [0, 0.1) is 11.6 Å². The van der Waals surface area contributed by atoms with Crippen molar-refractivity contribution in [2.75, 3.05) is 5.73 Å². The van der Waals surface area contributed by atoms with Gasteiger partial charge in [0, 0.05) is 28.9 Å². The Kier molecular flexibility index (Phi) is 4.93. The third kappa shape index (κ3) is 3.61. The number of halogens is 6. The van der Waals surface area contributed by atoms with Gasteiger partial charge in [-0.1, -0.05) is 17.7 Å². The quantitative estimate of drug-likeness (QED) is 0.228. The van der Waals surface area contributed by atoms with Gasteiger partial charge in [0.15, 0.2) is 5.82 Å². The Labute approximate surface area is 176 Å². The number of nitrogens with one attached hydrogen (secondary N) is 1. The first-order valence-electron chi connectivity index (χ1n) is 8.70. The number of anilines is 1. The predicted octanol–water partition coefficient (Wildman–Crippen LogP) is 5.99. The fourth-order valence-electron chi connectivity index (χ4n) is 3.18. The Morgan fingerprint density at radius 2 is 1.81 bits per heavy atom. The summed E-state index contributed by atoms with van der Waals surface area (Å²) >= 11 is 5.66. The largest absolute Gasteiger partial charge is 0.417 e. The number of pyridine rings is 1. The number of alkyl halides is 3. The molecule has 3 N–H and O–H groups in total. The molecule has 0 aliphatic carbocycles. The molecule has 31 heavy (non-hydrogen) atoms. The zero-order valence-corrected chi connectivity index (χ0v) is 16.1. The van der Waals surface area contributed by atoms with Gasteiger partial charge in [-0.3, -0.25) is 4.79 Å². The maximum atomic E-state index is 14.3. The van der Waals surface area contributed by atoms with Gasteiger partial charge in [-0.25, -0.2) is 13.8 Å². The number of nitrogens with two attached hydrogens (primary N) is 1. The van der Waals surface area contributed by atoms with E-state index in [9.17, 15) is 26.7 Å². The second-order valence-electron chi connectivity index (χ2n) is 6.67. The first-order chi connectivity index (χ1) is 14.6. The molecule has 4 nitrogen and oxygen atoms in total. The Hall–Kier alpha value is -3.46. The van der Waals surface area contributed by atoms with E-state index >= 15 is 0 Å². The number of carbonyl (C=O) groups is 1. The summed E-state index contributed by atoms with van der Waals surface area (Å²) in [4.78, 5) is 19.6. The van der Waals surface area contributed by atoms with Crippen LogP contribution in [0.2, 0.25) is 5.02 Å². The Bertz CT molecular complexity index is 1350. The van der Waals surface area contributed by atoms with Crippen molar-refractivity contribution in [2.24, 2.45) is 0 Å². The van der Waals surface area contributed by atoms with Crippen LogP contribution in [0.4, 0.5) is 27.6 Å². The van der Waals surface area contributed by atoms with Gasteiger partial charge < -0.3 is 10.7 Å². The molecule has 4 rings (SSSR count). The minimum absolute atomic E-state index is 0.113. The summed E-state index contributed by atoms with van der Waals surface area (Å²) in [7, 11) is 0. The molecular formula is C21H11ClF5N3O. The zero-order valence-electron chi connectivity index (χ0n) is 15.3. The fourth-order valence-corrected chi connectivity index (χ4v) is 3.41. The highest BCUT2D eigenvalue weighted by Gasteiger charge is 2.33. The lowest BCUT2D eigenvalue weighted by molar-refractivity contribution is -0.137. The van der Waals surface area contributed by atoms with Gasteiger partial charge in [-0.15, -0.1) is 0 Å². The molecule has 0 saturated carbocycles. The van der Waals surface area contributed by atoms with E-state index in [0.717, 1.165) is 24.3 Å². The van der Waals surface area contributed by atoms with E-state index in [4.69, 9.17) is 17.3 Å². The van der Waals surface area contributed by atoms with Crippen LogP contribution in [0.3, 0.4) is 0 Å². The minimum atomic E-state index is -4.66. The molecule has 0 bridgehead atoms. The van der Waals surface area contributed by atoms with Gasteiger partial charge in [0.25, 0.3) is 0 Å². The minimum Gasteiger partial charge on any atom is -0.396 e. The molecular weight excluding hydrogens is 441 g/mol. The van der Waals surface area contributed by atoms with Crippen molar-refractivity contribution in [1.29, 1.82) is 0 Å². The zero-order chi connectivity index (χ0) is 22.5. The number of nitrogens with zero attached hydrogens (tertiary/aromatic N) is 1. The van der Waals surface area contributed by atoms with E-state index in [1.54, 1.807) is 0 Å². The third-order valence-electron chi connectivity index (χ3n) is 4.73. The highest BCUT2D eigenvalue weighted by Crippen LogP contribution is 2.37. The van der Waals surface area contributed by atoms with Crippen LogP contribution in [0.1, 0.15) is 21.5 Å². The SMILES string of the molecule is Nc1ccc(F)c(C(=O)c2c[nH]c3ncc(-c4ccc(Cl)c(C(F)(F)F)c4)cc23)c1F. The van der Waals surface area contributed by atoms with Gasteiger partial charge >= 0.3 is 6.18 Å². The van der Waals surface area contributed by atoms with Gasteiger partial charge in [0.2, 0.25) is 5.78 Å². The number of nitrogen functional groups attached to an aromatic ring is 1. The average molecular weight is 452 g/mol. The lowest BCUT2D eigenvalue weighted by Gasteiger charge is -2.11. The molecule has 0 saturated heterocycles. The number of carbonyl (C=O) groups excluding carboxylic acids is 1. The number of H-pyrrole nitrogens is 1. The van der Waals surface area contributed by atoms with E-state index < -0.39 is 45.4 Å². The Morgan fingerprint density at radius 3 is 2.52 bits per heavy atom. The maximum Gasteiger partial charge on any atom is 0.417 e. The number of fused-ring (bicyclic) bond motifs is 1. The molecule has 0 atom stereocenters. The van der Waals surface area contributed by atoms with Crippen LogP contribution in [0.15, 0.2) is 48.8 Å². The highest BCUT2D eigenvalue weighted by atomic mass is 35.5. The molecule has 0 aliphatic rings. The highest BCUT2D eigenvalue weighted by molar-refractivity contribution is 6.31. The van der Waals surface area contributed by atoms with Crippen molar-refractivity contribution in [1.82, 2.24) is 9.97 Å². The van der Waals surface area contributed by atoms with Crippen molar-refractivity contribution in [3.05, 3.63) is 82.1 Å². The number of hydrogen-bond donors (Lipinski definition) is 2. The molecule has 2 aromatic carbocycles. The fraction of sp³-hybridized carbons (Fsp3) is 0.0476. The Balaban J connectivity index is 1.85. The number of ketones is 1. The molecule has 0 radical (unpaired) electrons. The second-order valence-corrected chi connectivity index (χ2v) is 7.08. The molecule has 0 amide bonds. The van der Waals surface area contributed by atoms with Crippen molar-refractivity contribution in [3.63, 3.8) is 0 Å². The number of benzene rings is 2. The van der Waals surface area contributed by atoms with E-state index in [-0.39, 0.29) is 27.7 Å². The van der Waals surface area contributed by atoms with Crippen LogP contribution in [0.25, 0.3) is 22.2 Å².